The van der Waals surface area contributed by atoms with E-state index in [-0.39, 0.29) is 24.1 Å². The minimum absolute atomic E-state index is 0.196. The molecule has 2 amide bonds. The Labute approximate surface area is 168 Å². The van der Waals surface area contributed by atoms with Crippen molar-refractivity contribution in [2.75, 3.05) is 0 Å². The molecule has 0 radical (unpaired) electrons. The summed E-state index contributed by atoms with van der Waals surface area (Å²) in [6, 6.07) is 16.3. The van der Waals surface area contributed by atoms with E-state index in [1.807, 2.05) is 24.3 Å². The predicted molar refractivity (Wildman–Crippen MR) is 111 cm³/mol. The standard InChI is InChI=1S/C25H19NO3/c1-15-2-5-18-13-19-8-9-21(27)25(19)24(20(18)12-15)17-6-3-16(4-7-17)14-26-22(28)10-11-23(26)29/h2-7,10-13H,8-9,14H2,1H3. The zero-order chi connectivity index (χ0) is 20.1. The molecule has 3 aromatic rings. The van der Waals surface area contributed by atoms with E-state index in [2.05, 4.69) is 31.2 Å². The number of hydrogen-bond acceptors (Lipinski definition) is 3. The number of ketones is 1. The van der Waals surface area contributed by atoms with Crippen LogP contribution in [0.2, 0.25) is 0 Å². The van der Waals surface area contributed by atoms with Gasteiger partial charge in [-0.25, -0.2) is 0 Å². The number of hydrogen-bond donors (Lipinski definition) is 0. The van der Waals surface area contributed by atoms with Gasteiger partial charge in [-0.05, 0) is 40.8 Å². The summed E-state index contributed by atoms with van der Waals surface area (Å²) in [4.78, 5) is 37.5. The van der Waals surface area contributed by atoms with Gasteiger partial charge in [0, 0.05) is 29.7 Å². The maximum absolute atomic E-state index is 12.7. The molecule has 2 aliphatic rings. The average Bonchev–Trinajstić information content (AvgIpc) is 3.24. The molecule has 5 rings (SSSR count). The lowest BCUT2D eigenvalue weighted by Crippen LogP contribution is -2.29. The van der Waals surface area contributed by atoms with Crippen LogP contribution in [-0.4, -0.2) is 22.5 Å². The van der Waals surface area contributed by atoms with Crippen LogP contribution in [0.1, 0.15) is 33.5 Å². The number of fused-ring (bicyclic) bond motifs is 2. The fourth-order valence-electron chi connectivity index (χ4n) is 4.30. The fourth-order valence-corrected chi connectivity index (χ4v) is 4.30. The van der Waals surface area contributed by atoms with Gasteiger partial charge >= 0.3 is 0 Å². The molecule has 3 aromatic carbocycles. The third kappa shape index (κ3) is 2.88. The highest BCUT2D eigenvalue weighted by molar-refractivity contribution is 6.14. The van der Waals surface area contributed by atoms with Gasteiger partial charge in [-0.15, -0.1) is 0 Å². The van der Waals surface area contributed by atoms with Gasteiger partial charge < -0.3 is 0 Å². The van der Waals surface area contributed by atoms with E-state index in [1.165, 1.54) is 17.1 Å². The fraction of sp³-hybridized carbons (Fsp3) is 0.160. The van der Waals surface area contributed by atoms with Crippen molar-refractivity contribution in [1.82, 2.24) is 4.90 Å². The third-order valence-electron chi connectivity index (χ3n) is 5.76. The van der Waals surface area contributed by atoms with E-state index >= 15 is 0 Å². The first-order chi connectivity index (χ1) is 14.0. The van der Waals surface area contributed by atoms with Gasteiger partial charge in [0.2, 0.25) is 0 Å². The number of nitrogens with zero attached hydrogens (tertiary/aromatic N) is 1. The van der Waals surface area contributed by atoms with Crippen LogP contribution in [0.4, 0.5) is 0 Å². The second kappa shape index (κ2) is 6.52. The van der Waals surface area contributed by atoms with E-state index in [1.54, 1.807) is 0 Å². The smallest absolute Gasteiger partial charge is 0.253 e. The molecule has 0 spiro atoms. The first-order valence-corrected chi connectivity index (χ1v) is 9.73. The number of Topliss-reactive ketones (excluding diaryl/α,β-unsaturated/α-hetero) is 1. The Morgan fingerprint density at radius 1 is 0.828 bits per heavy atom. The minimum Gasteiger partial charge on any atom is -0.294 e. The SMILES string of the molecule is Cc1ccc2cc3c(c(-c4ccc(CN5C(=O)C=CC5=O)cc4)c2c1)C(=O)CC3. The Morgan fingerprint density at radius 2 is 1.55 bits per heavy atom. The molecule has 1 aliphatic carbocycles. The lowest BCUT2D eigenvalue weighted by Gasteiger charge is -2.16. The number of amides is 2. The molecule has 0 aromatic heterocycles. The molecule has 0 atom stereocenters. The van der Waals surface area contributed by atoms with Crippen LogP contribution < -0.4 is 0 Å². The Bertz CT molecular complexity index is 1220. The van der Waals surface area contributed by atoms with Crippen LogP contribution in [0.3, 0.4) is 0 Å². The molecule has 29 heavy (non-hydrogen) atoms. The summed E-state index contributed by atoms with van der Waals surface area (Å²) in [5.74, 6) is -0.374. The van der Waals surface area contributed by atoms with Crippen molar-refractivity contribution >= 4 is 28.4 Å². The van der Waals surface area contributed by atoms with Gasteiger partial charge in [0.15, 0.2) is 5.78 Å². The van der Waals surface area contributed by atoms with Crippen LogP contribution in [-0.2, 0) is 22.6 Å². The van der Waals surface area contributed by atoms with Gasteiger partial charge in [-0.1, -0.05) is 54.1 Å². The molecule has 142 valence electrons. The first kappa shape index (κ1) is 17.6. The summed E-state index contributed by atoms with van der Waals surface area (Å²) >= 11 is 0. The van der Waals surface area contributed by atoms with Crippen LogP contribution in [0.5, 0.6) is 0 Å². The molecule has 0 unspecified atom stereocenters. The second-order valence-electron chi connectivity index (χ2n) is 7.73. The Hall–Kier alpha value is -3.53. The number of aryl methyl sites for hydroxylation is 2. The summed E-state index contributed by atoms with van der Waals surface area (Å²) in [5.41, 5.74) is 5.95. The van der Waals surface area contributed by atoms with Gasteiger partial charge in [0.25, 0.3) is 11.8 Å². The number of imide groups is 1. The summed E-state index contributed by atoms with van der Waals surface area (Å²) in [5, 5.41) is 2.23. The summed E-state index contributed by atoms with van der Waals surface area (Å²) < 4.78 is 0. The van der Waals surface area contributed by atoms with Gasteiger partial charge in [0.05, 0.1) is 6.54 Å². The predicted octanol–water partition coefficient (Wildman–Crippen LogP) is 4.37. The quantitative estimate of drug-likeness (QED) is 0.633. The normalized spacial score (nSPS) is 15.6. The molecular weight excluding hydrogens is 362 g/mol. The molecule has 1 heterocycles. The highest BCUT2D eigenvalue weighted by Crippen LogP contribution is 2.39. The Morgan fingerprint density at radius 3 is 2.28 bits per heavy atom. The van der Waals surface area contributed by atoms with Crippen LogP contribution >= 0.6 is 0 Å². The van der Waals surface area contributed by atoms with Crippen LogP contribution in [0, 0.1) is 6.92 Å². The van der Waals surface area contributed by atoms with E-state index in [0.29, 0.717) is 6.42 Å². The molecule has 0 bridgehead atoms. The number of benzene rings is 3. The molecule has 1 aliphatic heterocycles. The van der Waals surface area contributed by atoms with Crippen LogP contribution in [0.25, 0.3) is 21.9 Å². The molecule has 4 heteroatoms. The molecule has 0 saturated carbocycles. The molecule has 0 fully saturated rings. The van der Waals surface area contributed by atoms with Crippen molar-refractivity contribution in [2.24, 2.45) is 0 Å². The van der Waals surface area contributed by atoms with E-state index in [4.69, 9.17) is 0 Å². The van der Waals surface area contributed by atoms with Gasteiger partial charge in [0.1, 0.15) is 0 Å². The van der Waals surface area contributed by atoms with E-state index in [9.17, 15) is 14.4 Å². The molecule has 0 N–H and O–H groups in total. The zero-order valence-corrected chi connectivity index (χ0v) is 16.1. The summed E-state index contributed by atoms with van der Waals surface area (Å²) in [6.07, 6.45) is 3.94. The van der Waals surface area contributed by atoms with E-state index in [0.717, 1.165) is 50.6 Å². The summed E-state index contributed by atoms with van der Waals surface area (Å²) in [7, 11) is 0. The number of carbonyl (C=O) groups excluding carboxylic acids is 3. The lowest BCUT2D eigenvalue weighted by molar-refractivity contribution is -0.137. The Balaban J connectivity index is 1.60. The van der Waals surface area contributed by atoms with Gasteiger partial charge in [-0.3, -0.25) is 19.3 Å². The summed E-state index contributed by atoms with van der Waals surface area (Å²) in [6.45, 7) is 2.30. The van der Waals surface area contributed by atoms with Crippen molar-refractivity contribution in [3.8, 4) is 11.1 Å². The van der Waals surface area contributed by atoms with Crippen molar-refractivity contribution in [3.05, 3.63) is 82.9 Å². The topological polar surface area (TPSA) is 54.5 Å². The zero-order valence-electron chi connectivity index (χ0n) is 16.1. The largest absolute Gasteiger partial charge is 0.294 e. The average molecular weight is 381 g/mol. The minimum atomic E-state index is -0.285. The van der Waals surface area contributed by atoms with E-state index < -0.39 is 0 Å². The number of carbonyl (C=O) groups is 3. The highest BCUT2D eigenvalue weighted by Gasteiger charge is 2.26. The molecule has 4 nitrogen and oxygen atoms in total. The monoisotopic (exact) mass is 381 g/mol. The molecular formula is C25H19NO3. The first-order valence-electron chi connectivity index (χ1n) is 9.73. The third-order valence-corrected chi connectivity index (χ3v) is 5.76. The molecule has 0 saturated heterocycles. The Kier molecular flexibility index (Phi) is 3.95. The van der Waals surface area contributed by atoms with Crippen molar-refractivity contribution in [1.29, 1.82) is 0 Å². The van der Waals surface area contributed by atoms with Crippen molar-refractivity contribution < 1.29 is 14.4 Å². The van der Waals surface area contributed by atoms with Gasteiger partial charge in [-0.2, -0.15) is 0 Å². The van der Waals surface area contributed by atoms with Crippen LogP contribution in [0.15, 0.2) is 60.7 Å². The second-order valence-corrected chi connectivity index (χ2v) is 7.73. The maximum Gasteiger partial charge on any atom is 0.253 e. The lowest BCUT2D eigenvalue weighted by atomic mass is 9.89. The van der Waals surface area contributed by atoms with Crippen molar-refractivity contribution in [3.63, 3.8) is 0 Å². The number of rotatable bonds is 3. The van der Waals surface area contributed by atoms with Crippen molar-refractivity contribution in [2.45, 2.75) is 26.3 Å². The maximum atomic E-state index is 12.7. The highest BCUT2D eigenvalue weighted by atomic mass is 16.2.